The first-order valence-electron chi connectivity index (χ1n) is 10.2. The van der Waals surface area contributed by atoms with Gasteiger partial charge in [-0.15, -0.1) is 10.2 Å². The van der Waals surface area contributed by atoms with Crippen LogP contribution in [-0.4, -0.2) is 60.6 Å². The number of phenols is 1. The molecule has 5 rings (SSSR count). The van der Waals surface area contributed by atoms with Gasteiger partial charge in [-0.3, -0.25) is 0 Å². The average Bonchev–Trinajstić information content (AvgIpc) is 3.34. The summed E-state index contributed by atoms with van der Waals surface area (Å²) >= 11 is 0. The summed E-state index contributed by atoms with van der Waals surface area (Å²) in [5.74, 6) is -2.55. The van der Waals surface area contributed by atoms with Gasteiger partial charge in [-0.25, -0.2) is 18.7 Å². The van der Waals surface area contributed by atoms with Crippen molar-refractivity contribution >= 4 is 6.08 Å². The minimum atomic E-state index is -2.82. The number of alkyl halides is 2. The molecule has 3 aromatic rings. The number of nitrogens with one attached hydrogen (secondary N) is 1. The normalized spacial score (nSPS) is 27.7. The van der Waals surface area contributed by atoms with Crippen LogP contribution in [0.15, 0.2) is 48.7 Å². The fourth-order valence-electron chi connectivity index (χ4n) is 4.59. The molecule has 0 unspecified atom stereocenters. The fourth-order valence-corrected chi connectivity index (χ4v) is 4.59. The van der Waals surface area contributed by atoms with Crippen LogP contribution in [0.5, 0.6) is 5.75 Å². The number of benzene rings is 1. The lowest BCUT2D eigenvalue weighted by molar-refractivity contribution is -0.0523. The molecule has 2 saturated heterocycles. The number of fused-ring (bicyclic) bond motifs is 2. The highest BCUT2D eigenvalue weighted by Gasteiger charge is 2.62. The topological polar surface area (TPSA) is 98.0 Å². The predicted octanol–water partition coefficient (Wildman–Crippen LogP) is 2.99. The molecule has 0 saturated carbocycles. The number of nitrogens with zero attached hydrogens (tertiary/aromatic N) is 5. The Morgan fingerprint density at radius 1 is 1.31 bits per heavy atom. The van der Waals surface area contributed by atoms with Crippen molar-refractivity contribution in [2.75, 3.05) is 7.11 Å². The summed E-state index contributed by atoms with van der Waals surface area (Å²) in [5.41, 5.74) is 1.03. The Labute approximate surface area is 183 Å². The molecule has 0 spiro atoms. The lowest BCUT2D eigenvalue weighted by Gasteiger charge is -2.38. The predicted molar refractivity (Wildman–Crippen MR) is 112 cm³/mol. The Morgan fingerprint density at radius 2 is 2.16 bits per heavy atom. The Balaban J connectivity index is 1.41. The number of aromatic hydroxyl groups is 1. The van der Waals surface area contributed by atoms with Gasteiger partial charge >= 0.3 is 0 Å². The summed E-state index contributed by atoms with van der Waals surface area (Å²) in [5, 5.41) is 21.8. The van der Waals surface area contributed by atoms with Crippen molar-refractivity contribution in [2.45, 2.75) is 43.4 Å². The zero-order valence-corrected chi connectivity index (χ0v) is 17.5. The molecule has 3 atom stereocenters. The molecule has 2 N–H and O–H groups in total. The van der Waals surface area contributed by atoms with Crippen molar-refractivity contribution in [2.24, 2.45) is 0 Å². The van der Waals surface area contributed by atoms with E-state index < -0.39 is 23.6 Å². The fraction of sp³-hybridized carbons (Fsp3) is 0.364. The number of methoxy groups -OCH3 is 1. The number of rotatable bonds is 4. The molecule has 10 heteroatoms. The maximum Gasteiger partial charge on any atom is 0.267 e. The van der Waals surface area contributed by atoms with Crippen molar-refractivity contribution in [1.82, 2.24) is 30.0 Å². The molecule has 32 heavy (non-hydrogen) atoms. The van der Waals surface area contributed by atoms with Gasteiger partial charge in [-0.05, 0) is 37.1 Å². The van der Waals surface area contributed by atoms with E-state index in [-0.39, 0.29) is 24.4 Å². The zero-order chi connectivity index (χ0) is 22.5. The van der Waals surface area contributed by atoms with Crippen LogP contribution in [-0.2, 0) is 4.74 Å². The summed E-state index contributed by atoms with van der Waals surface area (Å²) in [6, 6.07) is 4.63. The van der Waals surface area contributed by atoms with Gasteiger partial charge in [0, 0.05) is 38.0 Å². The lowest BCUT2D eigenvalue weighted by Crippen LogP contribution is -2.56. The van der Waals surface area contributed by atoms with Gasteiger partial charge in [-0.2, -0.15) is 0 Å². The Kier molecular flexibility index (Phi) is 4.79. The highest BCUT2D eigenvalue weighted by Crippen LogP contribution is 2.49. The third-order valence-electron chi connectivity index (χ3n) is 6.27. The number of hydrogen-bond donors (Lipinski definition) is 2. The Hall–Kier alpha value is -3.24. The number of phenolic OH excluding ortho intramolecular Hbond substituents is 1. The van der Waals surface area contributed by atoms with Crippen LogP contribution in [0.1, 0.15) is 25.5 Å². The largest absolute Gasteiger partial charge is 0.507 e. The highest BCUT2D eigenvalue weighted by molar-refractivity contribution is 5.66. The van der Waals surface area contributed by atoms with Gasteiger partial charge < -0.3 is 19.7 Å². The van der Waals surface area contributed by atoms with Crippen LogP contribution in [0.2, 0.25) is 0 Å². The summed E-state index contributed by atoms with van der Waals surface area (Å²) in [6.45, 7) is 1.54. The van der Waals surface area contributed by atoms with E-state index in [1.54, 1.807) is 41.5 Å². The number of imidazole rings is 1. The molecular formula is C22H22F2N6O2. The molecular weight excluding hydrogens is 418 g/mol. The van der Waals surface area contributed by atoms with Gasteiger partial charge in [0.1, 0.15) is 11.4 Å². The van der Waals surface area contributed by atoms with Crippen molar-refractivity contribution < 1.29 is 18.6 Å². The van der Waals surface area contributed by atoms with Gasteiger partial charge in [0.2, 0.25) is 0 Å². The molecule has 8 nitrogen and oxygen atoms in total. The monoisotopic (exact) mass is 440 g/mol. The Bertz CT molecular complexity index is 1160. The zero-order valence-electron chi connectivity index (χ0n) is 17.5. The maximum absolute atomic E-state index is 14.5. The van der Waals surface area contributed by atoms with E-state index in [2.05, 4.69) is 25.5 Å². The smallest absolute Gasteiger partial charge is 0.267 e. The molecule has 0 aliphatic carbocycles. The molecule has 2 bridgehead atoms. The minimum Gasteiger partial charge on any atom is -0.507 e. The van der Waals surface area contributed by atoms with E-state index in [1.165, 1.54) is 20.2 Å². The number of hydrogen-bond acceptors (Lipinski definition) is 7. The lowest BCUT2D eigenvalue weighted by atomic mass is 9.85. The van der Waals surface area contributed by atoms with E-state index in [0.29, 0.717) is 11.3 Å². The number of halogens is 2. The maximum atomic E-state index is 14.5. The summed E-state index contributed by atoms with van der Waals surface area (Å²) < 4.78 is 36.3. The van der Waals surface area contributed by atoms with E-state index in [9.17, 15) is 13.9 Å². The van der Waals surface area contributed by atoms with Crippen molar-refractivity contribution in [3.8, 4) is 22.8 Å². The highest BCUT2D eigenvalue weighted by atomic mass is 19.3. The average molecular weight is 440 g/mol. The molecule has 1 aromatic carbocycles. The second-order valence-corrected chi connectivity index (χ2v) is 8.42. The van der Waals surface area contributed by atoms with Crippen molar-refractivity contribution in [3.05, 3.63) is 54.4 Å². The van der Waals surface area contributed by atoms with Gasteiger partial charge in [0.15, 0.2) is 5.82 Å². The van der Waals surface area contributed by atoms with Crippen LogP contribution in [0, 0.1) is 0 Å². The van der Waals surface area contributed by atoms with Crippen molar-refractivity contribution in [3.63, 3.8) is 0 Å². The van der Waals surface area contributed by atoms with Gasteiger partial charge in [0.25, 0.3) is 5.92 Å². The van der Waals surface area contributed by atoms with Crippen LogP contribution >= 0.6 is 0 Å². The molecule has 0 amide bonds. The third-order valence-corrected chi connectivity index (χ3v) is 6.27. The first-order valence-corrected chi connectivity index (χ1v) is 10.2. The Morgan fingerprint density at radius 3 is 2.81 bits per heavy atom. The van der Waals surface area contributed by atoms with Crippen LogP contribution in [0.4, 0.5) is 8.78 Å². The molecule has 2 fully saturated rings. The first kappa shape index (κ1) is 20.7. The van der Waals surface area contributed by atoms with Crippen LogP contribution in [0.3, 0.4) is 0 Å². The standard InChI is InChI=1S/C22H22F2N6O2/c1-21-9-13(19(32-2)17(27-21)10-22(21,23)24)7-14-11-26-20(29-28-14)16-4-3-15(8-18(16)31)30-6-5-25-12-30/h3-8,11-12,17,19,27,31H,9-10H2,1-2H3/b13-7-/t17-,19-,21-/m1/s1. The first-order chi connectivity index (χ1) is 15.3. The molecule has 0 radical (unpaired) electrons. The van der Waals surface area contributed by atoms with Crippen LogP contribution < -0.4 is 5.32 Å². The number of aromatic nitrogens is 5. The van der Waals surface area contributed by atoms with Gasteiger partial charge in [0.05, 0.1) is 35.4 Å². The summed E-state index contributed by atoms with van der Waals surface area (Å²) in [6.07, 6.45) is 7.66. The quantitative estimate of drug-likeness (QED) is 0.644. The summed E-state index contributed by atoms with van der Waals surface area (Å²) in [7, 11) is 1.52. The van der Waals surface area contributed by atoms with E-state index in [4.69, 9.17) is 4.74 Å². The second kappa shape index (κ2) is 7.42. The van der Waals surface area contributed by atoms with E-state index >= 15 is 0 Å². The molecule has 2 aromatic heterocycles. The van der Waals surface area contributed by atoms with Crippen LogP contribution in [0.25, 0.3) is 23.2 Å². The third kappa shape index (κ3) is 3.35. The second-order valence-electron chi connectivity index (χ2n) is 8.42. The van der Waals surface area contributed by atoms with Crippen molar-refractivity contribution in [1.29, 1.82) is 0 Å². The molecule has 2 aliphatic rings. The molecule has 166 valence electrons. The minimum absolute atomic E-state index is 0.00800. The number of piperidine rings is 1. The van der Waals surface area contributed by atoms with E-state index in [0.717, 1.165) is 11.3 Å². The summed E-state index contributed by atoms with van der Waals surface area (Å²) in [4.78, 5) is 8.31. The molecule has 4 heterocycles. The van der Waals surface area contributed by atoms with E-state index in [1.807, 2.05) is 6.07 Å². The number of ether oxygens (including phenoxy) is 1. The SMILES string of the molecule is CO[C@@H]1/C(=C\c2cnc(-c3ccc(-n4ccnc4)cc3O)nn2)C[C@@]2(C)N[C@@H]1CC2(F)F. The van der Waals surface area contributed by atoms with Gasteiger partial charge in [-0.1, -0.05) is 0 Å². The molecule has 2 aliphatic heterocycles.